The lowest BCUT2D eigenvalue weighted by Crippen LogP contribution is -2.18. The predicted octanol–water partition coefficient (Wildman–Crippen LogP) is 3.24. The molecule has 1 atom stereocenters. The van der Waals surface area contributed by atoms with Crippen LogP contribution >= 0.6 is 0 Å². The first-order valence-electron chi connectivity index (χ1n) is 5.27. The predicted molar refractivity (Wildman–Crippen MR) is 61.5 cm³/mol. The monoisotopic (exact) mass is 192 g/mol. The number of pyridine rings is 1. The summed E-state index contributed by atoms with van der Waals surface area (Å²) in [6, 6.07) is 4.58. The van der Waals surface area contributed by atoms with Gasteiger partial charge in [-0.2, -0.15) is 0 Å². The summed E-state index contributed by atoms with van der Waals surface area (Å²) in [6.45, 7) is 8.76. The van der Waals surface area contributed by atoms with Crippen LogP contribution < -0.4 is 5.32 Å². The minimum absolute atomic E-state index is 0.490. The molecule has 0 aliphatic rings. The molecule has 1 aromatic heterocycles. The van der Waals surface area contributed by atoms with E-state index in [-0.39, 0.29) is 0 Å². The van der Waals surface area contributed by atoms with Crippen LogP contribution in [-0.2, 0) is 0 Å². The molecule has 78 valence electrons. The molecule has 0 fully saturated rings. The fourth-order valence-corrected chi connectivity index (χ4v) is 1.63. The molecule has 2 nitrogen and oxygen atoms in total. The lowest BCUT2D eigenvalue weighted by atomic mass is 10.1. The molecule has 0 radical (unpaired) electrons. The Kier molecular flexibility index (Phi) is 3.93. The highest BCUT2D eigenvalue weighted by Gasteiger charge is 2.04. The van der Waals surface area contributed by atoms with Gasteiger partial charge in [0.15, 0.2) is 0 Å². The van der Waals surface area contributed by atoms with E-state index >= 15 is 0 Å². The van der Waals surface area contributed by atoms with Gasteiger partial charge in [0.25, 0.3) is 0 Å². The van der Waals surface area contributed by atoms with Crippen molar-refractivity contribution in [1.29, 1.82) is 0 Å². The first-order chi connectivity index (χ1) is 6.58. The highest BCUT2D eigenvalue weighted by atomic mass is 15.0. The van der Waals surface area contributed by atoms with Crippen LogP contribution in [0.5, 0.6) is 0 Å². The second kappa shape index (κ2) is 4.99. The van der Waals surface area contributed by atoms with E-state index < -0.39 is 0 Å². The molecule has 1 N–H and O–H groups in total. The van der Waals surface area contributed by atoms with E-state index in [4.69, 9.17) is 0 Å². The van der Waals surface area contributed by atoms with Gasteiger partial charge in [0.05, 0.1) is 0 Å². The number of hydrogen-bond donors (Lipinski definition) is 1. The summed E-state index contributed by atoms with van der Waals surface area (Å²) in [6.07, 6.45) is 3.02. The van der Waals surface area contributed by atoms with Crippen molar-refractivity contribution >= 4 is 5.82 Å². The minimum Gasteiger partial charge on any atom is -0.368 e. The maximum absolute atomic E-state index is 4.28. The second-order valence-corrected chi connectivity index (χ2v) is 4.39. The van der Waals surface area contributed by atoms with Crippen molar-refractivity contribution < 1.29 is 0 Å². The lowest BCUT2D eigenvalue weighted by Gasteiger charge is -2.16. The van der Waals surface area contributed by atoms with Crippen LogP contribution in [0.2, 0.25) is 0 Å². The summed E-state index contributed by atoms with van der Waals surface area (Å²) < 4.78 is 0. The van der Waals surface area contributed by atoms with Crippen molar-refractivity contribution in [3.8, 4) is 0 Å². The normalized spacial score (nSPS) is 12.9. The topological polar surface area (TPSA) is 24.9 Å². The van der Waals surface area contributed by atoms with Crippen molar-refractivity contribution in [2.45, 2.75) is 40.2 Å². The maximum atomic E-state index is 4.28. The van der Waals surface area contributed by atoms with Gasteiger partial charge in [-0.3, -0.25) is 0 Å². The summed E-state index contributed by atoms with van der Waals surface area (Å²) in [5.74, 6) is 1.71. The molecule has 0 spiro atoms. The Balaban J connectivity index is 2.51. The first kappa shape index (κ1) is 11.0. The lowest BCUT2D eigenvalue weighted by molar-refractivity contribution is 0.539. The number of aryl methyl sites for hydroxylation is 1. The van der Waals surface area contributed by atoms with Gasteiger partial charge in [0.2, 0.25) is 0 Å². The Morgan fingerprint density at radius 3 is 2.64 bits per heavy atom. The van der Waals surface area contributed by atoms with Gasteiger partial charge >= 0.3 is 0 Å². The van der Waals surface area contributed by atoms with Crippen molar-refractivity contribution in [3.63, 3.8) is 0 Å². The minimum atomic E-state index is 0.490. The maximum Gasteiger partial charge on any atom is 0.126 e. The van der Waals surface area contributed by atoms with Gasteiger partial charge < -0.3 is 5.32 Å². The first-order valence-corrected chi connectivity index (χ1v) is 5.27. The van der Waals surface area contributed by atoms with Gasteiger partial charge in [-0.05, 0) is 43.9 Å². The van der Waals surface area contributed by atoms with E-state index in [1.165, 1.54) is 12.0 Å². The zero-order chi connectivity index (χ0) is 10.6. The number of nitrogens with zero attached hydrogens (tertiary/aromatic N) is 1. The standard InChI is InChI=1S/C12H20N2/c1-9(2)7-11(4)14-12-8-10(3)5-6-13-12/h5-6,8-9,11H,7H2,1-4H3,(H,13,14). The summed E-state index contributed by atoms with van der Waals surface area (Å²) in [5.41, 5.74) is 1.25. The molecule has 0 aromatic carbocycles. The van der Waals surface area contributed by atoms with Crippen molar-refractivity contribution in [1.82, 2.24) is 4.98 Å². The SMILES string of the molecule is Cc1ccnc(NC(C)CC(C)C)c1. The van der Waals surface area contributed by atoms with E-state index in [1.54, 1.807) is 0 Å². The quantitative estimate of drug-likeness (QED) is 0.792. The van der Waals surface area contributed by atoms with Crippen LogP contribution in [0.1, 0.15) is 32.8 Å². The van der Waals surface area contributed by atoms with Crippen LogP contribution in [0.25, 0.3) is 0 Å². The molecule has 1 rings (SSSR count). The fourth-order valence-electron chi connectivity index (χ4n) is 1.63. The zero-order valence-electron chi connectivity index (χ0n) is 9.54. The van der Waals surface area contributed by atoms with Gasteiger partial charge in [0.1, 0.15) is 5.82 Å². The largest absolute Gasteiger partial charge is 0.368 e. The Labute approximate surface area is 86.8 Å². The highest BCUT2D eigenvalue weighted by molar-refractivity contribution is 5.37. The van der Waals surface area contributed by atoms with Crippen LogP contribution in [0.4, 0.5) is 5.82 Å². The van der Waals surface area contributed by atoms with Gasteiger partial charge in [0, 0.05) is 12.2 Å². The number of nitrogens with one attached hydrogen (secondary N) is 1. The number of anilines is 1. The van der Waals surface area contributed by atoms with Gasteiger partial charge in [-0.1, -0.05) is 13.8 Å². The Hall–Kier alpha value is -1.05. The Morgan fingerprint density at radius 1 is 1.36 bits per heavy atom. The average Bonchev–Trinajstić information content (AvgIpc) is 2.01. The van der Waals surface area contributed by atoms with Gasteiger partial charge in [-0.25, -0.2) is 4.98 Å². The Morgan fingerprint density at radius 2 is 2.07 bits per heavy atom. The number of hydrogen-bond acceptors (Lipinski definition) is 2. The third kappa shape index (κ3) is 3.77. The summed E-state index contributed by atoms with van der Waals surface area (Å²) in [4.78, 5) is 4.28. The van der Waals surface area contributed by atoms with E-state index in [2.05, 4.69) is 44.1 Å². The molecule has 0 aliphatic heterocycles. The smallest absolute Gasteiger partial charge is 0.126 e. The molecule has 14 heavy (non-hydrogen) atoms. The second-order valence-electron chi connectivity index (χ2n) is 4.39. The molecular weight excluding hydrogens is 172 g/mol. The van der Waals surface area contributed by atoms with E-state index in [0.29, 0.717) is 6.04 Å². The van der Waals surface area contributed by atoms with Crippen molar-refractivity contribution in [2.75, 3.05) is 5.32 Å². The summed E-state index contributed by atoms with van der Waals surface area (Å²) in [7, 11) is 0. The van der Waals surface area contributed by atoms with Crippen LogP contribution in [-0.4, -0.2) is 11.0 Å². The fraction of sp³-hybridized carbons (Fsp3) is 0.583. The highest BCUT2D eigenvalue weighted by Crippen LogP contribution is 2.11. The summed E-state index contributed by atoms with van der Waals surface area (Å²) in [5, 5.41) is 3.40. The molecule has 0 bridgehead atoms. The third-order valence-electron chi connectivity index (χ3n) is 2.13. The number of rotatable bonds is 4. The summed E-state index contributed by atoms with van der Waals surface area (Å²) >= 11 is 0. The molecule has 0 saturated heterocycles. The molecule has 1 heterocycles. The van der Waals surface area contributed by atoms with E-state index in [0.717, 1.165) is 11.7 Å². The third-order valence-corrected chi connectivity index (χ3v) is 2.13. The van der Waals surface area contributed by atoms with E-state index in [1.807, 2.05) is 12.3 Å². The van der Waals surface area contributed by atoms with Crippen LogP contribution in [0, 0.1) is 12.8 Å². The molecule has 1 unspecified atom stereocenters. The molecule has 0 saturated carbocycles. The molecule has 2 heteroatoms. The molecule has 1 aromatic rings. The van der Waals surface area contributed by atoms with Crippen LogP contribution in [0.15, 0.2) is 18.3 Å². The zero-order valence-corrected chi connectivity index (χ0v) is 9.54. The van der Waals surface area contributed by atoms with Gasteiger partial charge in [-0.15, -0.1) is 0 Å². The molecule has 0 amide bonds. The Bertz CT molecular complexity index is 281. The van der Waals surface area contributed by atoms with Crippen molar-refractivity contribution in [3.05, 3.63) is 23.9 Å². The van der Waals surface area contributed by atoms with Crippen molar-refractivity contribution in [2.24, 2.45) is 5.92 Å². The average molecular weight is 192 g/mol. The number of aromatic nitrogens is 1. The van der Waals surface area contributed by atoms with Crippen LogP contribution in [0.3, 0.4) is 0 Å². The molecule has 0 aliphatic carbocycles. The molecular formula is C12H20N2. The van der Waals surface area contributed by atoms with E-state index in [9.17, 15) is 0 Å².